The Kier molecular flexibility index (Phi) is 3.11. The molecule has 0 amide bonds. The average molecular weight is 208 g/mol. The fourth-order valence-corrected chi connectivity index (χ4v) is 1.93. The molecule has 2 N–H and O–H groups in total. The molecule has 0 spiro atoms. The molecule has 0 saturated heterocycles. The number of ether oxygens (including phenoxy) is 2. The number of benzene rings is 1. The molecule has 3 heteroatoms. The largest absolute Gasteiger partial charge is 0.454 e. The van der Waals surface area contributed by atoms with Crippen LogP contribution in [0, 0.1) is 0 Å². The lowest BCUT2D eigenvalue weighted by atomic mass is 10.1. The Morgan fingerprint density at radius 2 is 2.13 bits per heavy atom. The van der Waals surface area contributed by atoms with Gasteiger partial charge in [0.15, 0.2) is 11.5 Å². The molecule has 1 heterocycles. The smallest absolute Gasteiger partial charge is 0.231 e. The van der Waals surface area contributed by atoms with Crippen molar-refractivity contribution >= 4 is 0 Å². The monoisotopic (exact) mass is 208 g/mol. The lowest BCUT2D eigenvalue weighted by molar-refractivity contribution is -0.682. The molecule has 0 unspecified atom stereocenters. The zero-order valence-electron chi connectivity index (χ0n) is 9.32. The number of likely N-dealkylation sites (N-methyl/N-ethyl adjacent to an activating group) is 1. The Hall–Kier alpha value is -1.22. The third kappa shape index (κ3) is 2.42. The average Bonchev–Trinajstić information content (AvgIpc) is 2.65. The van der Waals surface area contributed by atoms with E-state index < -0.39 is 0 Å². The fourth-order valence-electron chi connectivity index (χ4n) is 1.93. The molecule has 1 aromatic rings. The van der Waals surface area contributed by atoms with E-state index in [4.69, 9.17) is 9.47 Å². The molecule has 1 aliphatic heterocycles. The number of quaternary nitrogens is 1. The van der Waals surface area contributed by atoms with Gasteiger partial charge in [0.1, 0.15) is 0 Å². The van der Waals surface area contributed by atoms with Crippen LogP contribution < -0.4 is 14.8 Å². The molecule has 1 atom stereocenters. The van der Waals surface area contributed by atoms with E-state index in [0.29, 0.717) is 12.8 Å². The SMILES string of the molecule is CC[NH2+][C@@H](C)Cc1ccc2c(c1)OCO2. The van der Waals surface area contributed by atoms with Crippen LogP contribution in [0.3, 0.4) is 0 Å². The first-order valence-electron chi connectivity index (χ1n) is 5.51. The molecular weight excluding hydrogens is 190 g/mol. The van der Waals surface area contributed by atoms with Crippen molar-refractivity contribution in [2.45, 2.75) is 26.3 Å². The van der Waals surface area contributed by atoms with E-state index in [-0.39, 0.29) is 0 Å². The van der Waals surface area contributed by atoms with E-state index in [9.17, 15) is 0 Å². The maximum Gasteiger partial charge on any atom is 0.231 e. The van der Waals surface area contributed by atoms with E-state index in [1.54, 1.807) is 0 Å². The van der Waals surface area contributed by atoms with Crippen molar-refractivity contribution in [3.05, 3.63) is 23.8 Å². The van der Waals surface area contributed by atoms with Gasteiger partial charge in [0.2, 0.25) is 6.79 Å². The van der Waals surface area contributed by atoms with Crippen LogP contribution in [0.4, 0.5) is 0 Å². The van der Waals surface area contributed by atoms with Crippen LogP contribution in [0.1, 0.15) is 19.4 Å². The minimum atomic E-state index is 0.357. The molecule has 0 aliphatic carbocycles. The summed E-state index contributed by atoms with van der Waals surface area (Å²) in [5, 5.41) is 2.34. The van der Waals surface area contributed by atoms with Crippen LogP contribution in [0.2, 0.25) is 0 Å². The predicted molar refractivity (Wildman–Crippen MR) is 58.2 cm³/mol. The number of rotatable bonds is 4. The van der Waals surface area contributed by atoms with Crippen molar-refractivity contribution in [3.63, 3.8) is 0 Å². The maximum absolute atomic E-state index is 5.35. The molecule has 1 aromatic carbocycles. The summed E-state index contributed by atoms with van der Waals surface area (Å²) in [6.45, 7) is 5.91. The molecule has 3 nitrogen and oxygen atoms in total. The summed E-state index contributed by atoms with van der Waals surface area (Å²) in [6, 6.07) is 6.82. The van der Waals surface area contributed by atoms with E-state index in [1.165, 1.54) is 5.56 Å². The highest BCUT2D eigenvalue weighted by Gasteiger charge is 2.14. The second kappa shape index (κ2) is 4.53. The zero-order valence-corrected chi connectivity index (χ0v) is 9.32. The van der Waals surface area contributed by atoms with Crippen molar-refractivity contribution in [3.8, 4) is 11.5 Å². The highest BCUT2D eigenvalue weighted by atomic mass is 16.7. The molecule has 0 radical (unpaired) electrons. The van der Waals surface area contributed by atoms with Gasteiger partial charge in [-0.1, -0.05) is 6.07 Å². The quantitative estimate of drug-likeness (QED) is 0.799. The van der Waals surface area contributed by atoms with E-state index in [2.05, 4.69) is 31.3 Å². The van der Waals surface area contributed by atoms with Gasteiger partial charge in [0, 0.05) is 6.42 Å². The van der Waals surface area contributed by atoms with Crippen molar-refractivity contribution in [2.75, 3.05) is 13.3 Å². The Labute approximate surface area is 90.4 Å². The van der Waals surface area contributed by atoms with Gasteiger partial charge in [-0.3, -0.25) is 0 Å². The topological polar surface area (TPSA) is 35.1 Å². The highest BCUT2D eigenvalue weighted by Crippen LogP contribution is 2.32. The Balaban J connectivity index is 2.03. The second-order valence-electron chi connectivity index (χ2n) is 4.01. The standard InChI is InChI=1S/C12H17NO2/c1-3-13-9(2)6-10-4-5-11-12(7-10)15-8-14-11/h4-5,7,9,13H,3,6,8H2,1-2H3/p+1/t9-/m0/s1. The van der Waals surface area contributed by atoms with Crippen LogP contribution in [0.25, 0.3) is 0 Å². The molecule has 82 valence electrons. The number of hydrogen-bond acceptors (Lipinski definition) is 2. The molecule has 1 aliphatic rings. The van der Waals surface area contributed by atoms with Crippen LogP contribution in [-0.2, 0) is 6.42 Å². The first-order valence-corrected chi connectivity index (χ1v) is 5.51. The van der Waals surface area contributed by atoms with E-state index in [1.807, 2.05) is 6.07 Å². The summed E-state index contributed by atoms with van der Waals surface area (Å²) >= 11 is 0. The molecule has 0 bridgehead atoms. The summed E-state index contributed by atoms with van der Waals surface area (Å²) < 4.78 is 10.6. The summed E-state index contributed by atoms with van der Waals surface area (Å²) in [6.07, 6.45) is 1.07. The van der Waals surface area contributed by atoms with Crippen molar-refractivity contribution in [1.82, 2.24) is 0 Å². The lowest BCUT2D eigenvalue weighted by Gasteiger charge is -2.09. The van der Waals surface area contributed by atoms with Gasteiger partial charge in [-0.05, 0) is 31.5 Å². The first kappa shape index (κ1) is 10.3. The van der Waals surface area contributed by atoms with Crippen LogP contribution >= 0.6 is 0 Å². The Bertz CT molecular complexity index is 338. The molecule has 15 heavy (non-hydrogen) atoms. The highest BCUT2D eigenvalue weighted by molar-refractivity contribution is 5.44. The first-order chi connectivity index (χ1) is 7.29. The minimum absolute atomic E-state index is 0.357. The summed E-state index contributed by atoms with van der Waals surface area (Å²) in [7, 11) is 0. The third-order valence-corrected chi connectivity index (χ3v) is 2.63. The number of nitrogens with two attached hydrogens (primary N) is 1. The van der Waals surface area contributed by atoms with Gasteiger partial charge in [-0.15, -0.1) is 0 Å². The normalized spacial score (nSPS) is 15.3. The van der Waals surface area contributed by atoms with Gasteiger partial charge in [0.05, 0.1) is 12.6 Å². The van der Waals surface area contributed by atoms with Gasteiger partial charge >= 0.3 is 0 Å². The molecule has 0 fully saturated rings. The third-order valence-electron chi connectivity index (χ3n) is 2.63. The maximum atomic E-state index is 5.35. The zero-order chi connectivity index (χ0) is 10.7. The summed E-state index contributed by atoms with van der Waals surface area (Å²) in [4.78, 5) is 0. The molecular formula is C12H18NO2+. The Morgan fingerprint density at radius 3 is 2.93 bits per heavy atom. The van der Waals surface area contributed by atoms with E-state index >= 15 is 0 Å². The van der Waals surface area contributed by atoms with Crippen LogP contribution in [-0.4, -0.2) is 19.4 Å². The van der Waals surface area contributed by atoms with Gasteiger partial charge in [-0.2, -0.15) is 0 Å². The fraction of sp³-hybridized carbons (Fsp3) is 0.500. The Morgan fingerprint density at radius 1 is 1.33 bits per heavy atom. The lowest BCUT2D eigenvalue weighted by Crippen LogP contribution is -2.89. The number of fused-ring (bicyclic) bond motifs is 1. The minimum Gasteiger partial charge on any atom is -0.454 e. The molecule has 0 aromatic heterocycles. The van der Waals surface area contributed by atoms with Crippen molar-refractivity contribution in [1.29, 1.82) is 0 Å². The van der Waals surface area contributed by atoms with Crippen molar-refractivity contribution in [2.24, 2.45) is 0 Å². The number of hydrogen-bond donors (Lipinski definition) is 1. The van der Waals surface area contributed by atoms with Crippen LogP contribution in [0.15, 0.2) is 18.2 Å². The predicted octanol–water partition coefficient (Wildman–Crippen LogP) is 0.930. The second-order valence-corrected chi connectivity index (χ2v) is 4.01. The van der Waals surface area contributed by atoms with E-state index in [0.717, 1.165) is 24.5 Å². The van der Waals surface area contributed by atoms with Gasteiger partial charge in [-0.25, -0.2) is 0 Å². The van der Waals surface area contributed by atoms with Crippen LogP contribution in [0.5, 0.6) is 11.5 Å². The van der Waals surface area contributed by atoms with Gasteiger partial charge < -0.3 is 14.8 Å². The summed E-state index contributed by atoms with van der Waals surface area (Å²) in [5.74, 6) is 1.75. The van der Waals surface area contributed by atoms with Gasteiger partial charge in [0.25, 0.3) is 0 Å². The summed E-state index contributed by atoms with van der Waals surface area (Å²) in [5.41, 5.74) is 1.32. The molecule has 2 rings (SSSR count). The molecule has 0 saturated carbocycles. The van der Waals surface area contributed by atoms with Crippen molar-refractivity contribution < 1.29 is 14.8 Å².